The minimum atomic E-state index is -0.404. The first kappa shape index (κ1) is 11.1. The molecule has 1 rings (SSSR count). The molecule has 4 heteroatoms. The minimum Gasteiger partial charge on any atom is -0.465 e. The van der Waals surface area contributed by atoms with Gasteiger partial charge in [-0.25, -0.2) is 9.59 Å². The molecule has 0 bridgehead atoms. The molecule has 0 fully saturated rings. The summed E-state index contributed by atoms with van der Waals surface area (Å²) >= 11 is 0. The molecule has 0 spiro atoms. The van der Waals surface area contributed by atoms with Crippen molar-refractivity contribution in [2.75, 3.05) is 7.11 Å². The molecule has 0 heterocycles. The van der Waals surface area contributed by atoms with E-state index < -0.39 is 5.97 Å². The zero-order chi connectivity index (χ0) is 11.3. The number of ether oxygens (including phenoxy) is 1. The summed E-state index contributed by atoms with van der Waals surface area (Å²) < 4.78 is 4.58. The zero-order valence-corrected chi connectivity index (χ0v) is 8.56. The number of hydrogen-bond donors (Lipinski definition) is 0. The third-order valence-electron chi connectivity index (χ3n) is 2.04. The van der Waals surface area contributed by atoms with Crippen LogP contribution in [0.5, 0.6) is 0 Å². The summed E-state index contributed by atoms with van der Waals surface area (Å²) in [5.41, 5.74) is 1.23. The molecular formula is C11H11NO3. The molecular weight excluding hydrogens is 194 g/mol. The van der Waals surface area contributed by atoms with Crippen LogP contribution in [0, 0.1) is 0 Å². The van der Waals surface area contributed by atoms with Crippen LogP contribution in [0.15, 0.2) is 29.3 Å². The Morgan fingerprint density at radius 1 is 1.53 bits per heavy atom. The lowest BCUT2D eigenvalue weighted by atomic mass is 10.1. The van der Waals surface area contributed by atoms with E-state index >= 15 is 0 Å². The molecule has 0 aliphatic rings. The molecule has 0 N–H and O–H groups in total. The van der Waals surface area contributed by atoms with Crippen LogP contribution in [0.4, 0.5) is 0 Å². The molecule has 1 aromatic rings. The third-order valence-corrected chi connectivity index (χ3v) is 2.04. The van der Waals surface area contributed by atoms with Gasteiger partial charge in [-0.2, -0.15) is 4.99 Å². The van der Waals surface area contributed by atoms with Crippen LogP contribution in [-0.2, 0) is 9.53 Å². The fourth-order valence-corrected chi connectivity index (χ4v) is 1.20. The van der Waals surface area contributed by atoms with E-state index in [1.807, 2.05) is 0 Å². The lowest BCUT2D eigenvalue weighted by Crippen LogP contribution is -2.02. The maximum Gasteiger partial charge on any atom is 0.337 e. The van der Waals surface area contributed by atoms with Crippen molar-refractivity contribution in [1.82, 2.24) is 0 Å². The van der Waals surface area contributed by atoms with Gasteiger partial charge in [0.25, 0.3) is 0 Å². The topological polar surface area (TPSA) is 55.7 Å². The van der Waals surface area contributed by atoms with Crippen molar-refractivity contribution in [1.29, 1.82) is 0 Å². The van der Waals surface area contributed by atoms with E-state index in [0.29, 0.717) is 5.56 Å². The standard InChI is InChI=1S/C11H11NO3/c1-8(12-7-13)9-4-3-5-10(6-9)11(14)15-2/h3-6,8H,1-2H3. The number of aliphatic imine (C=N–C) groups is 1. The highest BCUT2D eigenvalue weighted by molar-refractivity contribution is 5.89. The number of carbonyl (C=O) groups excluding carboxylic acids is 2. The van der Waals surface area contributed by atoms with Gasteiger partial charge in [0, 0.05) is 0 Å². The Balaban J connectivity index is 3.01. The average molecular weight is 205 g/mol. The monoisotopic (exact) mass is 205 g/mol. The van der Waals surface area contributed by atoms with Crippen molar-refractivity contribution in [2.24, 2.45) is 4.99 Å². The number of hydrogen-bond acceptors (Lipinski definition) is 4. The predicted octanol–water partition coefficient (Wildman–Crippen LogP) is 1.87. The molecule has 15 heavy (non-hydrogen) atoms. The number of esters is 1. The van der Waals surface area contributed by atoms with Crippen molar-refractivity contribution < 1.29 is 14.3 Å². The van der Waals surface area contributed by atoms with Crippen LogP contribution < -0.4 is 0 Å². The minimum absolute atomic E-state index is 0.299. The van der Waals surface area contributed by atoms with E-state index in [9.17, 15) is 9.59 Å². The molecule has 0 amide bonds. The predicted molar refractivity (Wildman–Crippen MR) is 54.3 cm³/mol. The highest BCUT2D eigenvalue weighted by Crippen LogP contribution is 2.17. The number of carbonyl (C=O) groups is 1. The quantitative estimate of drug-likeness (QED) is 0.430. The van der Waals surface area contributed by atoms with Gasteiger partial charge in [0.1, 0.15) is 0 Å². The molecule has 0 radical (unpaired) electrons. The largest absolute Gasteiger partial charge is 0.465 e. The van der Waals surface area contributed by atoms with Gasteiger partial charge in [0.05, 0.1) is 18.7 Å². The van der Waals surface area contributed by atoms with E-state index in [4.69, 9.17) is 0 Å². The summed E-state index contributed by atoms with van der Waals surface area (Å²) in [5, 5.41) is 0. The smallest absolute Gasteiger partial charge is 0.337 e. The number of isocyanates is 1. The van der Waals surface area contributed by atoms with Crippen molar-refractivity contribution >= 4 is 12.0 Å². The molecule has 0 saturated heterocycles. The molecule has 4 nitrogen and oxygen atoms in total. The van der Waals surface area contributed by atoms with E-state index in [-0.39, 0.29) is 6.04 Å². The van der Waals surface area contributed by atoms with Crippen molar-refractivity contribution in [3.05, 3.63) is 35.4 Å². The van der Waals surface area contributed by atoms with Crippen molar-refractivity contribution in [3.8, 4) is 0 Å². The maximum atomic E-state index is 11.2. The molecule has 0 aromatic heterocycles. The SMILES string of the molecule is COC(=O)c1cccc(C(C)N=C=O)c1. The maximum absolute atomic E-state index is 11.2. The number of nitrogens with zero attached hydrogens (tertiary/aromatic N) is 1. The Morgan fingerprint density at radius 3 is 2.87 bits per heavy atom. The Labute approximate surface area is 87.6 Å². The molecule has 1 aromatic carbocycles. The van der Waals surface area contributed by atoms with Crippen LogP contribution in [0.25, 0.3) is 0 Å². The summed E-state index contributed by atoms with van der Waals surface area (Å²) in [6.07, 6.45) is 1.49. The first-order chi connectivity index (χ1) is 7.19. The van der Waals surface area contributed by atoms with Gasteiger partial charge < -0.3 is 4.74 Å². The van der Waals surface area contributed by atoms with Crippen LogP contribution >= 0.6 is 0 Å². The third kappa shape index (κ3) is 2.76. The summed E-state index contributed by atoms with van der Waals surface area (Å²) in [4.78, 5) is 24.9. The second-order valence-electron chi connectivity index (χ2n) is 3.01. The Hall–Kier alpha value is -1.93. The van der Waals surface area contributed by atoms with E-state index in [0.717, 1.165) is 5.56 Å². The summed E-state index contributed by atoms with van der Waals surface area (Å²) in [5.74, 6) is -0.404. The van der Waals surface area contributed by atoms with E-state index in [2.05, 4.69) is 9.73 Å². The molecule has 78 valence electrons. The second kappa shape index (κ2) is 5.08. The molecule has 0 aliphatic carbocycles. The summed E-state index contributed by atoms with van der Waals surface area (Å²) in [6.45, 7) is 1.75. The van der Waals surface area contributed by atoms with Gasteiger partial charge in [-0.3, -0.25) is 0 Å². The van der Waals surface area contributed by atoms with Gasteiger partial charge in [-0.05, 0) is 24.6 Å². The van der Waals surface area contributed by atoms with Crippen LogP contribution in [0.1, 0.15) is 28.9 Å². The van der Waals surface area contributed by atoms with Crippen LogP contribution in [-0.4, -0.2) is 19.2 Å². The molecule has 0 aliphatic heterocycles. The average Bonchev–Trinajstić information content (AvgIpc) is 2.28. The zero-order valence-electron chi connectivity index (χ0n) is 8.56. The Kier molecular flexibility index (Phi) is 3.77. The molecule has 1 unspecified atom stereocenters. The normalized spacial score (nSPS) is 11.3. The summed E-state index contributed by atoms with van der Waals surface area (Å²) in [7, 11) is 1.32. The number of benzene rings is 1. The van der Waals surface area contributed by atoms with Gasteiger partial charge in [0.2, 0.25) is 6.08 Å². The van der Waals surface area contributed by atoms with Crippen LogP contribution in [0.2, 0.25) is 0 Å². The second-order valence-corrected chi connectivity index (χ2v) is 3.01. The first-order valence-electron chi connectivity index (χ1n) is 4.44. The van der Waals surface area contributed by atoms with Gasteiger partial charge >= 0.3 is 5.97 Å². The Bertz CT molecular complexity index is 408. The van der Waals surface area contributed by atoms with E-state index in [1.165, 1.54) is 13.2 Å². The lowest BCUT2D eigenvalue weighted by molar-refractivity contribution is 0.0600. The Morgan fingerprint density at radius 2 is 2.27 bits per heavy atom. The van der Waals surface area contributed by atoms with Crippen LogP contribution in [0.3, 0.4) is 0 Å². The fourth-order valence-electron chi connectivity index (χ4n) is 1.20. The highest BCUT2D eigenvalue weighted by Gasteiger charge is 2.08. The molecule has 1 atom stereocenters. The van der Waals surface area contributed by atoms with Gasteiger partial charge in [-0.15, -0.1) is 0 Å². The number of methoxy groups -OCH3 is 1. The van der Waals surface area contributed by atoms with Crippen molar-refractivity contribution in [2.45, 2.75) is 13.0 Å². The molecule has 0 saturated carbocycles. The van der Waals surface area contributed by atoms with Gasteiger partial charge in [-0.1, -0.05) is 12.1 Å². The fraction of sp³-hybridized carbons (Fsp3) is 0.273. The lowest BCUT2D eigenvalue weighted by Gasteiger charge is -2.05. The van der Waals surface area contributed by atoms with Crippen molar-refractivity contribution in [3.63, 3.8) is 0 Å². The van der Waals surface area contributed by atoms with E-state index in [1.54, 1.807) is 31.2 Å². The van der Waals surface area contributed by atoms with Gasteiger partial charge in [0.15, 0.2) is 0 Å². The first-order valence-corrected chi connectivity index (χ1v) is 4.44. The number of rotatable bonds is 3. The highest BCUT2D eigenvalue weighted by atomic mass is 16.5. The summed E-state index contributed by atoms with van der Waals surface area (Å²) in [6, 6.07) is 6.51.